The number of rotatable bonds is 3. The standard InChI is InChI=1S/C15H23NO3/c1-8(15(2,3)4)16-13(17)11-9-5-6-10(7-9)12(11)14(18)19/h5-6,8-12H,7H2,1-4H3,(H,16,17)(H,18,19). The Labute approximate surface area is 114 Å². The average Bonchev–Trinajstić information content (AvgIpc) is 2.86. The second-order valence-corrected chi connectivity index (χ2v) is 6.93. The highest BCUT2D eigenvalue weighted by molar-refractivity contribution is 5.87. The summed E-state index contributed by atoms with van der Waals surface area (Å²) in [5, 5.41) is 12.3. The molecule has 2 aliphatic carbocycles. The summed E-state index contributed by atoms with van der Waals surface area (Å²) in [6, 6.07) is 0.0255. The lowest BCUT2D eigenvalue weighted by Crippen LogP contribution is -2.47. The number of allylic oxidation sites excluding steroid dienone is 2. The Morgan fingerprint density at radius 1 is 1.21 bits per heavy atom. The number of nitrogens with one attached hydrogen (secondary N) is 1. The van der Waals surface area contributed by atoms with Crippen molar-refractivity contribution in [2.75, 3.05) is 0 Å². The number of amides is 1. The number of hydrogen-bond donors (Lipinski definition) is 2. The summed E-state index contributed by atoms with van der Waals surface area (Å²) in [7, 11) is 0. The van der Waals surface area contributed by atoms with Crippen LogP contribution in [0.2, 0.25) is 0 Å². The van der Waals surface area contributed by atoms with Crippen molar-refractivity contribution in [1.29, 1.82) is 0 Å². The molecule has 0 aromatic heterocycles. The predicted molar refractivity (Wildman–Crippen MR) is 72.4 cm³/mol. The third kappa shape index (κ3) is 2.53. The van der Waals surface area contributed by atoms with Crippen molar-refractivity contribution in [3.05, 3.63) is 12.2 Å². The summed E-state index contributed by atoms with van der Waals surface area (Å²) in [6.07, 6.45) is 4.77. The first-order chi connectivity index (χ1) is 8.71. The van der Waals surface area contributed by atoms with Crippen LogP contribution < -0.4 is 5.32 Å². The molecule has 0 spiro atoms. The van der Waals surface area contributed by atoms with E-state index in [9.17, 15) is 14.7 Å². The Morgan fingerprint density at radius 3 is 2.21 bits per heavy atom. The van der Waals surface area contributed by atoms with Gasteiger partial charge in [0.2, 0.25) is 5.91 Å². The molecule has 2 bridgehead atoms. The van der Waals surface area contributed by atoms with Crippen molar-refractivity contribution in [3.63, 3.8) is 0 Å². The Kier molecular flexibility index (Phi) is 3.45. The van der Waals surface area contributed by atoms with Gasteiger partial charge in [0, 0.05) is 6.04 Å². The molecule has 5 atom stereocenters. The van der Waals surface area contributed by atoms with Crippen LogP contribution in [0.3, 0.4) is 0 Å². The van der Waals surface area contributed by atoms with E-state index in [0.717, 1.165) is 6.42 Å². The minimum absolute atomic E-state index is 0.0255. The Hall–Kier alpha value is -1.32. The molecule has 2 N–H and O–H groups in total. The number of carboxylic acids is 1. The molecule has 0 saturated heterocycles. The molecule has 0 aromatic rings. The molecular weight excluding hydrogens is 242 g/mol. The van der Waals surface area contributed by atoms with Crippen molar-refractivity contribution >= 4 is 11.9 Å². The molecule has 1 amide bonds. The smallest absolute Gasteiger partial charge is 0.307 e. The highest BCUT2D eigenvalue weighted by Gasteiger charge is 2.51. The Morgan fingerprint density at radius 2 is 1.74 bits per heavy atom. The van der Waals surface area contributed by atoms with E-state index in [1.807, 2.05) is 19.1 Å². The molecule has 0 aromatic carbocycles. The average molecular weight is 265 g/mol. The second-order valence-electron chi connectivity index (χ2n) is 6.93. The SMILES string of the molecule is CC(NC(=O)C1C2C=CC(C2)C1C(=O)O)C(C)(C)C. The van der Waals surface area contributed by atoms with Crippen LogP contribution in [0.1, 0.15) is 34.1 Å². The molecule has 4 heteroatoms. The first-order valence-corrected chi connectivity index (χ1v) is 6.93. The zero-order chi connectivity index (χ0) is 14.4. The van der Waals surface area contributed by atoms with E-state index in [1.165, 1.54) is 0 Å². The van der Waals surface area contributed by atoms with Crippen molar-refractivity contribution in [3.8, 4) is 0 Å². The van der Waals surface area contributed by atoms with Crippen molar-refractivity contribution < 1.29 is 14.7 Å². The number of aliphatic carboxylic acids is 1. The van der Waals surface area contributed by atoms with Crippen molar-refractivity contribution in [2.24, 2.45) is 29.1 Å². The van der Waals surface area contributed by atoms with E-state index in [4.69, 9.17) is 0 Å². The number of carboxylic acid groups (broad SMARTS) is 1. The number of carbonyl (C=O) groups excluding carboxylic acids is 1. The van der Waals surface area contributed by atoms with E-state index in [2.05, 4.69) is 26.1 Å². The van der Waals surface area contributed by atoms with Gasteiger partial charge in [0.05, 0.1) is 11.8 Å². The van der Waals surface area contributed by atoms with Gasteiger partial charge in [-0.1, -0.05) is 32.9 Å². The topological polar surface area (TPSA) is 66.4 Å². The van der Waals surface area contributed by atoms with Gasteiger partial charge in [0.25, 0.3) is 0 Å². The minimum atomic E-state index is -0.847. The van der Waals surface area contributed by atoms with Crippen LogP contribution in [-0.4, -0.2) is 23.0 Å². The Balaban J connectivity index is 2.11. The van der Waals surface area contributed by atoms with Crippen LogP contribution in [0.5, 0.6) is 0 Å². The fourth-order valence-corrected chi connectivity index (χ4v) is 3.04. The minimum Gasteiger partial charge on any atom is -0.481 e. The molecule has 2 rings (SSSR count). The maximum Gasteiger partial charge on any atom is 0.307 e. The van der Waals surface area contributed by atoms with Crippen molar-refractivity contribution in [1.82, 2.24) is 5.32 Å². The van der Waals surface area contributed by atoms with Crippen LogP contribution in [-0.2, 0) is 9.59 Å². The molecule has 0 radical (unpaired) electrons. The van der Waals surface area contributed by atoms with E-state index < -0.39 is 17.8 Å². The lowest BCUT2D eigenvalue weighted by Gasteiger charge is -2.31. The third-order valence-electron chi connectivity index (χ3n) is 4.70. The fourth-order valence-electron chi connectivity index (χ4n) is 3.04. The lowest BCUT2D eigenvalue weighted by atomic mass is 9.81. The maximum absolute atomic E-state index is 12.4. The Bertz CT molecular complexity index is 422. The van der Waals surface area contributed by atoms with Crippen LogP contribution in [0, 0.1) is 29.1 Å². The molecule has 0 heterocycles. The summed E-state index contributed by atoms with van der Waals surface area (Å²) in [5.41, 5.74) is -0.0260. The molecule has 4 nitrogen and oxygen atoms in total. The van der Waals surface area contributed by atoms with Crippen LogP contribution in [0.4, 0.5) is 0 Å². The van der Waals surface area contributed by atoms with E-state index in [1.54, 1.807) is 0 Å². The maximum atomic E-state index is 12.4. The van der Waals surface area contributed by atoms with Gasteiger partial charge < -0.3 is 10.4 Å². The van der Waals surface area contributed by atoms with Crippen molar-refractivity contribution in [2.45, 2.75) is 40.2 Å². The van der Waals surface area contributed by atoms with Gasteiger partial charge in [-0.25, -0.2) is 0 Å². The zero-order valence-electron chi connectivity index (χ0n) is 12.0. The largest absolute Gasteiger partial charge is 0.481 e. The molecule has 1 saturated carbocycles. The van der Waals surface area contributed by atoms with E-state index in [-0.39, 0.29) is 29.2 Å². The van der Waals surface area contributed by atoms with Crippen LogP contribution in [0.15, 0.2) is 12.2 Å². The quantitative estimate of drug-likeness (QED) is 0.768. The molecule has 19 heavy (non-hydrogen) atoms. The first-order valence-electron chi connectivity index (χ1n) is 6.93. The van der Waals surface area contributed by atoms with Gasteiger partial charge in [-0.3, -0.25) is 9.59 Å². The van der Waals surface area contributed by atoms with Crippen LogP contribution >= 0.6 is 0 Å². The molecule has 1 fully saturated rings. The molecule has 106 valence electrons. The van der Waals surface area contributed by atoms with Gasteiger partial charge in [0.15, 0.2) is 0 Å². The van der Waals surface area contributed by atoms with Gasteiger partial charge in [-0.05, 0) is 30.6 Å². The number of hydrogen-bond acceptors (Lipinski definition) is 2. The summed E-state index contributed by atoms with van der Waals surface area (Å²) < 4.78 is 0. The van der Waals surface area contributed by atoms with Gasteiger partial charge in [-0.15, -0.1) is 0 Å². The summed E-state index contributed by atoms with van der Waals surface area (Å²) in [4.78, 5) is 23.8. The molecule has 5 unspecified atom stereocenters. The summed E-state index contributed by atoms with van der Waals surface area (Å²) >= 11 is 0. The number of fused-ring (bicyclic) bond motifs is 2. The van der Waals surface area contributed by atoms with E-state index in [0.29, 0.717) is 0 Å². The summed E-state index contributed by atoms with van der Waals surface area (Å²) in [6.45, 7) is 8.16. The third-order valence-corrected chi connectivity index (χ3v) is 4.70. The molecular formula is C15H23NO3. The normalized spacial score (nSPS) is 34.3. The van der Waals surface area contributed by atoms with Gasteiger partial charge >= 0.3 is 5.97 Å². The number of carbonyl (C=O) groups is 2. The predicted octanol–water partition coefficient (Wildman–Crippen LogP) is 2.06. The fraction of sp³-hybridized carbons (Fsp3) is 0.733. The summed E-state index contributed by atoms with van der Waals surface area (Å²) in [5.74, 6) is -1.78. The monoisotopic (exact) mass is 265 g/mol. The first kappa shape index (κ1) is 14.1. The van der Waals surface area contributed by atoms with Crippen LogP contribution in [0.25, 0.3) is 0 Å². The lowest BCUT2D eigenvalue weighted by molar-refractivity contribution is -0.148. The van der Waals surface area contributed by atoms with Gasteiger partial charge in [0.1, 0.15) is 0 Å². The highest BCUT2D eigenvalue weighted by atomic mass is 16.4. The molecule has 2 aliphatic rings. The van der Waals surface area contributed by atoms with Gasteiger partial charge in [-0.2, -0.15) is 0 Å². The highest BCUT2D eigenvalue weighted by Crippen LogP contribution is 2.48. The zero-order valence-corrected chi connectivity index (χ0v) is 12.0. The second kappa shape index (κ2) is 4.66. The van der Waals surface area contributed by atoms with E-state index >= 15 is 0 Å². The molecule has 0 aliphatic heterocycles.